The molecule has 2 rings (SSSR count). The van der Waals surface area contributed by atoms with E-state index in [1.807, 2.05) is 0 Å². The number of rotatable bonds is 6. The second-order valence-electron chi connectivity index (χ2n) is 3.72. The first-order valence-electron chi connectivity index (χ1n) is 5.27. The molecule has 2 aromatic heterocycles. The van der Waals surface area contributed by atoms with E-state index in [2.05, 4.69) is 9.71 Å². The predicted octanol–water partition coefficient (Wildman–Crippen LogP) is 2.35. The quantitative estimate of drug-likeness (QED) is 0.831. The van der Waals surface area contributed by atoms with Crippen LogP contribution in [0.4, 0.5) is 0 Å². The number of halogens is 1. The molecule has 0 radical (unpaired) electrons. The van der Waals surface area contributed by atoms with Crippen molar-refractivity contribution in [1.82, 2.24) is 9.71 Å². The van der Waals surface area contributed by atoms with Gasteiger partial charge in [0, 0.05) is 4.88 Å². The molecule has 2 heterocycles. The van der Waals surface area contributed by atoms with Crippen LogP contribution in [0.2, 0.25) is 4.47 Å². The normalized spacial score (nSPS) is 13.2. The van der Waals surface area contributed by atoms with Crippen molar-refractivity contribution in [3.8, 4) is 0 Å². The van der Waals surface area contributed by atoms with Crippen LogP contribution in [-0.2, 0) is 14.8 Å². The molecule has 0 saturated heterocycles. The number of nitrogens with one attached hydrogen (secondary N) is 1. The lowest BCUT2D eigenvalue weighted by Crippen LogP contribution is -2.29. The number of nitrogens with zero attached hydrogens (tertiary/aromatic N) is 1. The topological polar surface area (TPSA) is 96.4 Å². The van der Waals surface area contributed by atoms with E-state index in [1.54, 1.807) is 17.5 Å². The van der Waals surface area contributed by atoms with Crippen molar-refractivity contribution < 1.29 is 18.3 Å². The zero-order chi connectivity index (χ0) is 14.8. The predicted molar refractivity (Wildman–Crippen MR) is 76.8 cm³/mol. The molecule has 0 spiro atoms. The second kappa shape index (κ2) is 6.19. The Bertz CT molecular complexity index is 696. The second-order valence-corrected chi connectivity index (χ2v) is 8.25. The van der Waals surface area contributed by atoms with Gasteiger partial charge in [-0.3, -0.25) is 4.79 Å². The third kappa shape index (κ3) is 3.76. The van der Waals surface area contributed by atoms with Gasteiger partial charge in [-0.05, 0) is 11.4 Å². The van der Waals surface area contributed by atoms with Crippen molar-refractivity contribution in [1.29, 1.82) is 0 Å². The van der Waals surface area contributed by atoms with Crippen LogP contribution in [0.25, 0.3) is 0 Å². The minimum Gasteiger partial charge on any atom is -0.481 e. The van der Waals surface area contributed by atoms with Gasteiger partial charge in [-0.2, -0.15) is 0 Å². The minimum atomic E-state index is -3.85. The van der Waals surface area contributed by atoms with Gasteiger partial charge in [0.1, 0.15) is 0 Å². The Morgan fingerprint density at radius 3 is 2.80 bits per heavy atom. The highest BCUT2D eigenvalue weighted by molar-refractivity contribution is 7.91. The molecule has 2 N–H and O–H groups in total. The first kappa shape index (κ1) is 15.4. The molecular weight excluding hydrogens is 344 g/mol. The molecule has 0 aliphatic carbocycles. The van der Waals surface area contributed by atoms with Crippen molar-refractivity contribution in [3.63, 3.8) is 0 Å². The van der Waals surface area contributed by atoms with E-state index in [0.29, 0.717) is 4.88 Å². The Morgan fingerprint density at radius 1 is 1.55 bits per heavy atom. The summed E-state index contributed by atoms with van der Waals surface area (Å²) in [6.07, 6.45) is 0.799. The Balaban J connectivity index is 2.25. The highest BCUT2D eigenvalue weighted by atomic mass is 35.5. The van der Waals surface area contributed by atoms with Gasteiger partial charge in [-0.25, -0.2) is 18.1 Å². The van der Waals surface area contributed by atoms with E-state index in [-0.39, 0.29) is 15.1 Å². The number of sulfonamides is 1. The molecule has 10 heteroatoms. The fourth-order valence-electron chi connectivity index (χ4n) is 1.47. The van der Waals surface area contributed by atoms with E-state index in [1.165, 1.54) is 11.3 Å². The van der Waals surface area contributed by atoms with Crippen molar-refractivity contribution >= 4 is 50.3 Å². The summed E-state index contributed by atoms with van der Waals surface area (Å²) >= 11 is 7.71. The van der Waals surface area contributed by atoms with E-state index >= 15 is 0 Å². The van der Waals surface area contributed by atoms with Gasteiger partial charge in [0.25, 0.3) is 10.0 Å². The summed E-state index contributed by atoms with van der Waals surface area (Å²) in [6.45, 7) is 0. The van der Waals surface area contributed by atoms with E-state index < -0.39 is 22.0 Å². The molecule has 0 amide bonds. The number of thiazole rings is 1. The van der Waals surface area contributed by atoms with Crippen molar-refractivity contribution in [2.45, 2.75) is 16.7 Å². The number of aromatic nitrogens is 1. The third-order valence-corrected chi connectivity index (χ3v) is 6.32. The van der Waals surface area contributed by atoms with E-state index in [9.17, 15) is 13.2 Å². The van der Waals surface area contributed by atoms with E-state index in [4.69, 9.17) is 16.7 Å². The molecule has 2 aromatic rings. The van der Waals surface area contributed by atoms with Gasteiger partial charge < -0.3 is 5.11 Å². The van der Waals surface area contributed by atoms with Gasteiger partial charge >= 0.3 is 5.97 Å². The maximum Gasteiger partial charge on any atom is 0.305 e. The van der Waals surface area contributed by atoms with E-state index in [0.717, 1.165) is 17.5 Å². The molecule has 1 atom stereocenters. The summed E-state index contributed by atoms with van der Waals surface area (Å²) in [5, 5.41) is 10.6. The standard InChI is InChI=1S/C10H9ClN2O4S3/c11-10-12-5-9(19-10)20(16,17)13-6(4-8(14)15)7-2-1-3-18-7/h1-3,5-6,13H,4H2,(H,14,15). The molecular formula is C10H9ClN2O4S3. The van der Waals surface area contributed by atoms with Crippen molar-refractivity contribution in [3.05, 3.63) is 33.1 Å². The number of aliphatic carboxylic acids is 1. The molecule has 6 nitrogen and oxygen atoms in total. The molecule has 0 aliphatic heterocycles. The summed E-state index contributed by atoms with van der Waals surface area (Å²) in [6, 6.07) is 2.59. The summed E-state index contributed by atoms with van der Waals surface area (Å²) in [4.78, 5) is 15.2. The Morgan fingerprint density at radius 2 is 2.30 bits per heavy atom. The lowest BCUT2D eigenvalue weighted by Gasteiger charge is -2.14. The maximum absolute atomic E-state index is 12.1. The summed E-state index contributed by atoms with van der Waals surface area (Å²) < 4.78 is 26.7. The smallest absolute Gasteiger partial charge is 0.305 e. The fraction of sp³-hybridized carbons (Fsp3) is 0.200. The summed E-state index contributed by atoms with van der Waals surface area (Å²) in [7, 11) is -3.85. The van der Waals surface area contributed by atoms with Gasteiger partial charge in [0.15, 0.2) is 8.68 Å². The summed E-state index contributed by atoms with van der Waals surface area (Å²) in [5.74, 6) is -1.09. The Kier molecular flexibility index (Phi) is 4.76. The average Bonchev–Trinajstić information content (AvgIpc) is 2.97. The van der Waals surface area contributed by atoms with Crippen LogP contribution in [0.15, 0.2) is 27.9 Å². The van der Waals surface area contributed by atoms with Gasteiger partial charge in [-0.15, -0.1) is 11.3 Å². The van der Waals surface area contributed by atoms with Crippen molar-refractivity contribution in [2.24, 2.45) is 0 Å². The van der Waals surface area contributed by atoms with Crippen LogP contribution < -0.4 is 4.72 Å². The molecule has 108 valence electrons. The zero-order valence-electron chi connectivity index (χ0n) is 9.82. The molecule has 0 aromatic carbocycles. The van der Waals surface area contributed by atoms with Crippen LogP contribution in [0, 0.1) is 0 Å². The largest absolute Gasteiger partial charge is 0.481 e. The van der Waals surface area contributed by atoms with Gasteiger partial charge in [-0.1, -0.05) is 29.0 Å². The molecule has 1 unspecified atom stereocenters. The maximum atomic E-state index is 12.1. The van der Waals surface area contributed by atoms with Crippen molar-refractivity contribution in [2.75, 3.05) is 0 Å². The number of thiophene rings is 1. The number of carbonyl (C=O) groups is 1. The van der Waals surface area contributed by atoms with Crippen LogP contribution in [0.1, 0.15) is 17.3 Å². The average molecular weight is 353 g/mol. The molecule has 0 bridgehead atoms. The van der Waals surface area contributed by atoms with Crippen LogP contribution in [0.5, 0.6) is 0 Å². The molecule has 20 heavy (non-hydrogen) atoms. The monoisotopic (exact) mass is 352 g/mol. The molecule has 0 fully saturated rings. The lowest BCUT2D eigenvalue weighted by atomic mass is 10.2. The highest BCUT2D eigenvalue weighted by Crippen LogP contribution is 2.27. The van der Waals surface area contributed by atoms with Crippen LogP contribution >= 0.6 is 34.3 Å². The van der Waals surface area contributed by atoms with Gasteiger partial charge in [0.05, 0.1) is 18.7 Å². The minimum absolute atomic E-state index is 0.0468. The fourth-order valence-corrected chi connectivity index (χ4v) is 4.85. The highest BCUT2D eigenvalue weighted by Gasteiger charge is 2.25. The first-order chi connectivity index (χ1) is 9.38. The molecule has 0 aliphatic rings. The number of carboxylic acid groups (broad SMARTS) is 1. The Hall–Kier alpha value is -1.000. The summed E-state index contributed by atoms with van der Waals surface area (Å²) in [5.41, 5.74) is 0. The zero-order valence-corrected chi connectivity index (χ0v) is 13.0. The Labute approximate surface area is 128 Å². The number of carboxylic acids is 1. The number of hydrogen-bond acceptors (Lipinski definition) is 6. The lowest BCUT2D eigenvalue weighted by molar-refractivity contribution is -0.137. The first-order valence-corrected chi connectivity index (χ1v) is 8.83. The van der Waals surface area contributed by atoms with Crippen LogP contribution in [-0.4, -0.2) is 24.5 Å². The SMILES string of the molecule is O=C(O)CC(NS(=O)(=O)c1cnc(Cl)s1)c1cccs1. The molecule has 0 saturated carbocycles. The van der Waals surface area contributed by atoms with Crippen LogP contribution in [0.3, 0.4) is 0 Å². The number of hydrogen-bond donors (Lipinski definition) is 2. The third-order valence-electron chi connectivity index (χ3n) is 2.28. The van der Waals surface area contributed by atoms with Gasteiger partial charge in [0.2, 0.25) is 0 Å².